The van der Waals surface area contributed by atoms with Crippen molar-refractivity contribution in [3.8, 4) is 0 Å². The maximum atomic E-state index is 12.9. The van der Waals surface area contributed by atoms with Gasteiger partial charge in [-0.3, -0.25) is 4.79 Å². The van der Waals surface area contributed by atoms with Crippen LogP contribution in [-0.4, -0.2) is 51.1 Å². The van der Waals surface area contributed by atoms with Gasteiger partial charge >= 0.3 is 0 Å². The number of carbonyl (C=O) groups is 1. The highest BCUT2D eigenvalue weighted by Gasteiger charge is 2.59. The Balaban J connectivity index is 2.15. The molecule has 0 aromatic rings. The number of fused-ring (bicyclic) bond motifs is 2. The van der Waals surface area contributed by atoms with Gasteiger partial charge < -0.3 is 20.4 Å². The summed E-state index contributed by atoms with van der Waals surface area (Å²) in [7, 11) is 0. The molecule has 25 heavy (non-hydrogen) atoms. The van der Waals surface area contributed by atoms with E-state index in [0.717, 1.165) is 0 Å². The van der Waals surface area contributed by atoms with Crippen LogP contribution in [0.5, 0.6) is 0 Å². The van der Waals surface area contributed by atoms with Crippen LogP contribution >= 0.6 is 0 Å². The Morgan fingerprint density at radius 2 is 1.88 bits per heavy atom. The van der Waals surface area contributed by atoms with E-state index in [9.17, 15) is 25.2 Å². The second kappa shape index (κ2) is 6.02. The van der Waals surface area contributed by atoms with Crippen molar-refractivity contribution in [2.45, 2.75) is 65.3 Å². The topological polar surface area (TPSA) is 98.0 Å². The normalized spacial score (nSPS) is 44.5. The highest BCUT2D eigenvalue weighted by Crippen LogP contribution is 2.60. The van der Waals surface area contributed by atoms with Gasteiger partial charge in [0.1, 0.15) is 6.10 Å². The van der Waals surface area contributed by atoms with Crippen LogP contribution < -0.4 is 0 Å². The van der Waals surface area contributed by atoms with Gasteiger partial charge in [0.2, 0.25) is 0 Å². The molecule has 1 fully saturated rings. The Hall–Kier alpha value is -1.01. The predicted octanol–water partition coefficient (Wildman–Crippen LogP) is 1.35. The van der Waals surface area contributed by atoms with Crippen LogP contribution in [0, 0.1) is 22.7 Å². The highest BCUT2D eigenvalue weighted by atomic mass is 16.3. The molecule has 5 heteroatoms. The van der Waals surface area contributed by atoms with Gasteiger partial charge in [-0.2, -0.15) is 0 Å². The summed E-state index contributed by atoms with van der Waals surface area (Å²) in [5, 5.41) is 42.1. The maximum absolute atomic E-state index is 12.9. The molecule has 2 unspecified atom stereocenters. The third-order valence-electron chi connectivity index (χ3n) is 7.10. The lowest BCUT2D eigenvalue weighted by Crippen LogP contribution is -2.58. The smallest absolute Gasteiger partial charge is 0.162 e. The highest BCUT2D eigenvalue weighted by molar-refractivity contribution is 6.00. The molecule has 3 aliphatic rings. The molecule has 6 atom stereocenters. The quantitative estimate of drug-likeness (QED) is 0.564. The van der Waals surface area contributed by atoms with E-state index >= 15 is 0 Å². The molecule has 1 saturated carbocycles. The van der Waals surface area contributed by atoms with Crippen LogP contribution in [0.15, 0.2) is 22.8 Å². The molecule has 140 valence electrons. The molecule has 0 saturated heterocycles. The standard InChI is InChI=1S/C20H30O5/c1-10(2)11-7-13(23)17-16(18(11)25)12(22)8-14-19(17,3)6-5-15(24)20(14,4)9-21/h7,10,13-15,18,21,23-25H,5-6,8-9H2,1-4H3/t13?,14-,15+,18?,19+,20-/m1/s1. The SMILES string of the molecule is CC(C)C1=CC(O)C2=C(C(=O)C[C@H]3[C@@](C)(CO)[C@@H](O)CC[C@]23C)C1O. The lowest BCUT2D eigenvalue weighted by molar-refractivity contribution is -0.142. The van der Waals surface area contributed by atoms with E-state index in [0.29, 0.717) is 29.6 Å². The van der Waals surface area contributed by atoms with Crippen molar-refractivity contribution in [1.29, 1.82) is 0 Å². The largest absolute Gasteiger partial charge is 0.396 e. The molecule has 0 bridgehead atoms. The first-order valence-electron chi connectivity index (χ1n) is 9.22. The maximum Gasteiger partial charge on any atom is 0.162 e. The first kappa shape index (κ1) is 18.8. The van der Waals surface area contributed by atoms with Gasteiger partial charge in [-0.1, -0.05) is 27.7 Å². The molecule has 0 spiro atoms. The minimum atomic E-state index is -0.976. The Morgan fingerprint density at radius 3 is 2.44 bits per heavy atom. The average Bonchev–Trinajstić information content (AvgIpc) is 2.55. The second-order valence-electron chi connectivity index (χ2n) is 8.81. The number of aliphatic hydroxyl groups is 4. The van der Waals surface area contributed by atoms with Gasteiger partial charge in [-0.15, -0.1) is 0 Å². The molecule has 0 radical (unpaired) electrons. The Kier molecular flexibility index (Phi) is 4.52. The Labute approximate surface area is 149 Å². The van der Waals surface area contributed by atoms with E-state index in [1.165, 1.54) is 0 Å². The molecule has 0 aromatic heterocycles. The summed E-state index contributed by atoms with van der Waals surface area (Å²) in [4.78, 5) is 12.9. The van der Waals surface area contributed by atoms with E-state index in [2.05, 4.69) is 0 Å². The van der Waals surface area contributed by atoms with E-state index in [1.807, 2.05) is 27.7 Å². The van der Waals surface area contributed by atoms with Crippen molar-refractivity contribution in [3.63, 3.8) is 0 Å². The summed E-state index contributed by atoms with van der Waals surface area (Å²) in [6, 6.07) is 0. The Bertz CT molecular complexity index is 648. The number of carbonyl (C=O) groups excluding carboxylic acids is 1. The number of Topliss-reactive ketones (excluding diaryl/α,β-unsaturated/α-hetero) is 1. The zero-order valence-corrected chi connectivity index (χ0v) is 15.5. The molecular formula is C20H30O5. The summed E-state index contributed by atoms with van der Waals surface area (Å²) in [5.74, 6) is -0.409. The number of hydrogen-bond donors (Lipinski definition) is 4. The summed E-state index contributed by atoms with van der Waals surface area (Å²) < 4.78 is 0. The average molecular weight is 350 g/mol. The molecule has 5 nitrogen and oxygen atoms in total. The fraction of sp³-hybridized carbons (Fsp3) is 0.750. The molecule has 4 N–H and O–H groups in total. The van der Waals surface area contributed by atoms with Gasteiger partial charge in [0.05, 0.1) is 18.8 Å². The molecule has 0 aromatic carbocycles. The lowest BCUT2D eigenvalue weighted by Gasteiger charge is -2.58. The zero-order valence-electron chi connectivity index (χ0n) is 15.5. The number of aliphatic hydroxyl groups excluding tert-OH is 4. The van der Waals surface area contributed by atoms with Crippen LogP contribution in [-0.2, 0) is 4.79 Å². The van der Waals surface area contributed by atoms with Crippen LogP contribution in [0.25, 0.3) is 0 Å². The zero-order chi connectivity index (χ0) is 18.7. The molecule has 0 amide bonds. The summed E-state index contributed by atoms with van der Waals surface area (Å²) in [6.07, 6.45) is 0.405. The number of rotatable bonds is 2. The van der Waals surface area contributed by atoms with Gasteiger partial charge in [-0.05, 0) is 47.3 Å². The summed E-state index contributed by atoms with van der Waals surface area (Å²) in [6.45, 7) is 7.48. The van der Waals surface area contributed by atoms with Crippen molar-refractivity contribution < 1.29 is 25.2 Å². The molecule has 0 heterocycles. The van der Waals surface area contributed by atoms with Gasteiger partial charge in [-0.25, -0.2) is 0 Å². The first-order valence-corrected chi connectivity index (χ1v) is 9.22. The third-order valence-corrected chi connectivity index (χ3v) is 7.10. The van der Waals surface area contributed by atoms with Crippen LogP contribution in [0.1, 0.15) is 47.0 Å². The van der Waals surface area contributed by atoms with Crippen LogP contribution in [0.4, 0.5) is 0 Å². The Morgan fingerprint density at radius 1 is 1.24 bits per heavy atom. The van der Waals surface area contributed by atoms with Crippen molar-refractivity contribution in [2.75, 3.05) is 6.61 Å². The fourth-order valence-electron chi connectivity index (χ4n) is 5.48. The first-order chi connectivity index (χ1) is 11.6. The van der Waals surface area contributed by atoms with Crippen molar-refractivity contribution in [3.05, 3.63) is 22.8 Å². The predicted molar refractivity (Wildman–Crippen MR) is 93.6 cm³/mol. The van der Waals surface area contributed by atoms with Gasteiger partial charge in [0.15, 0.2) is 5.78 Å². The van der Waals surface area contributed by atoms with E-state index in [-0.39, 0.29) is 30.6 Å². The monoisotopic (exact) mass is 350 g/mol. The fourth-order valence-corrected chi connectivity index (χ4v) is 5.48. The van der Waals surface area contributed by atoms with E-state index in [1.54, 1.807) is 6.08 Å². The molecule has 0 aliphatic heterocycles. The molecular weight excluding hydrogens is 320 g/mol. The molecule has 3 aliphatic carbocycles. The minimum absolute atomic E-state index is 0.0351. The summed E-state index contributed by atoms with van der Waals surface area (Å²) >= 11 is 0. The van der Waals surface area contributed by atoms with Crippen LogP contribution in [0.2, 0.25) is 0 Å². The van der Waals surface area contributed by atoms with Crippen molar-refractivity contribution in [2.24, 2.45) is 22.7 Å². The van der Waals surface area contributed by atoms with E-state index in [4.69, 9.17) is 0 Å². The summed E-state index contributed by atoms with van der Waals surface area (Å²) in [5.41, 5.74) is 0.293. The minimum Gasteiger partial charge on any atom is -0.396 e. The molecule has 3 rings (SSSR count). The van der Waals surface area contributed by atoms with E-state index < -0.39 is 29.1 Å². The van der Waals surface area contributed by atoms with Crippen molar-refractivity contribution >= 4 is 5.78 Å². The lowest BCUT2D eigenvalue weighted by atomic mass is 9.47. The van der Waals surface area contributed by atoms with Crippen molar-refractivity contribution in [1.82, 2.24) is 0 Å². The van der Waals surface area contributed by atoms with Gasteiger partial charge in [0.25, 0.3) is 0 Å². The number of ketones is 1. The number of hydrogen-bond acceptors (Lipinski definition) is 5. The van der Waals surface area contributed by atoms with Gasteiger partial charge in [0, 0.05) is 17.4 Å². The second-order valence-corrected chi connectivity index (χ2v) is 8.81. The third kappa shape index (κ3) is 2.47. The van der Waals surface area contributed by atoms with Crippen LogP contribution in [0.3, 0.4) is 0 Å².